The molecule has 0 aliphatic carbocycles. The van der Waals surface area contributed by atoms with E-state index in [1.165, 1.54) is 20.8 Å². The van der Waals surface area contributed by atoms with Crippen molar-refractivity contribution in [1.82, 2.24) is 0 Å². The zero-order chi connectivity index (χ0) is 15.4. The summed E-state index contributed by atoms with van der Waals surface area (Å²) in [6.45, 7) is 7.13. The summed E-state index contributed by atoms with van der Waals surface area (Å²) in [6.07, 6.45) is -3.50. The van der Waals surface area contributed by atoms with Crippen molar-refractivity contribution < 1.29 is 33.3 Å². The Morgan fingerprint density at radius 3 is 1.30 bits per heavy atom. The summed E-state index contributed by atoms with van der Waals surface area (Å²) in [5.74, 6) is -1.61. The van der Waals surface area contributed by atoms with E-state index in [4.69, 9.17) is 18.9 Å². The summed E-state index contributed by atoms with van der Waals surface area (Å²) in [5, 5.41) is 0. The number of carbonyl (C=O) groups is 3. The van der Waals surface area contributed by atoms with E-state index in [1.807, 2.05) is 0 Å². The first-order chi connectivity index (χ1) is 9.22. The zero-order valence-electron chi connectivity index (χ0n) is 12.2. The fourth-order valence-corrected chi connectivity index (χ4v) is 2.25. The monoisotopic (exact) mass is 288 g/mol. The fourth-order valence-electron chi connectivity index (χ4n) is 2.25. The van der Waals surface area contributed by atoms with Gasteiger partial charge in [0, 0.05) is 20.8 Å². The van der Waals surface area contributed by atoms with Gasteiger partial charge in [-0.25, -0.2) is 0 Å². The molecular formula is C13H20O7. The van der Waals surface area contributed by atoms with Crippen LogP contribution in [0.4, 0.5) is 0 Å². The van der Waals surface area contributed by atoms with Crippen molar-refractivity contribution in [2.45, 2.75) is 65.1 Å². The summed E-state index contributed by atoms with van der Waals surface area (Å²) in [6, 6.07) is 0. The highest BCUT2D eigenvalue weighted by Crippen LogP contribution is 2.28. The van der Waals surface area contributed by atoms with Crippen molar-refractivity contribution >= 4 is 17.9 Å². The van der Waals surface area contributed by atoms with Gasteiger partial charge in [-0.3, -0.25) is 14.4 Å². The molecule has 114 valence electrons. The van der Waals surface area contributed by atoms with Gasteiger partial charge in [0.1, 0.15) is 0 Å². The molecule has 0 unspecified atom stereocenters. The molecule has 1 aliphatic rings. The molecule has 1 heterocycles. The maximum absolute atomic E-state index is 11.2. The molecule has 1 aliphatic heterocycles. The van der Waals surface area contributed by atoms with Crippen LogP contribution in [0.5, 0.6) is 0 Å². The van der Waals surface area contributed by atoms with Crippen molar-refractivity contribution in [2.75, 3.05) is 0 Å². The van der Waals surface area contributed by atoms with Crippen molar-refractivity contribution in [2.24, 2.45) is 0 Å². The Kier molecular flexibility index (Phi) is 5.50. The molecule has 4 atom stereocenters. The van der Waals surface area contributed by atoms with Gasteiger partial charge in [-0.15, -0.1) is 0 Å². The van der Waals surface area contributed by atoms with Crippen LogP contribution < -0.4 is 0 Å². The van der Waals surface area contributed by atoms with E-state index in [2.05, 4.69) is 0 Å². The Morgan fingerprint density at radius 1 is 0.700 bits per heavy atom. The van der Waals surface area contributed by atoms with Gasteiger partial charge in [-0.05, 0) is 13.8 Å². The Morgan fingerprint density at radius 2 is 1.00 bits per heavy atom. The summed E-state index contributed by atoms with van der Waals surface area (Å²) in [5.41, 5.74) is 0. The quantitative estimate of drug-likeness (QED) is 0.554. The van der Waals surface area contributed by atoms with Crippen LogP contribution in [0.2, 0.25) is 0 Å². The zero-order valence-corrected chi connectivity index (χ0v) is 12.2. The molecule has 0 N–H and O–H groups in total. The SMILES string of the molecule is CC(=O)OC1[C@@H](OC(C)=O)[C@H](C)O[C@@H](C)[C@@H]1OC(C)=O. The van der Waals surface area contributed by atoms with Crippen LogP contribution in [-0.4, -0.2) is 48.4 Å². The van der Waals surface area contributed by atoms with E-state index in [0.717, 1.165) is 0 Å². The molecule has 0 aromatic carbocycles. The highest BCUT2D eigenvalue weighted by Gasteiger charge is 2.48. The van der Waals surface area contributed by atoms with E-state index in [-0.39, 0.29) is 0 Å². The molecule has 20 heavy (non-hydrogen) atoms. The van der Waals surface area contributed by atoms with Gasteiger partial charge in [0.05, 0.1) is 12.2 Å². The van der Waals surface area contributed by atoms with Crippen molar-refractivity contribution in [3.8, 4) is 0 Å². The molecule has 1 rings (SSSR count). The van der Waals surface area contributed by atoms with Gasteiger partial charge < -0.3 is 18.9 Å². The minimum atomic E-state index is -0.890. The molecule has 7 heteroatoms. The Hall–Kier alpha value is -1.63. The van der Waals surface area contributed by atoms with E-state index in [0.29, 0.717) is 0 Å². The number of hydrogen-bond donors (Lipinski definition) is 0. The average Bonchev–Trinajstić information content (AvgIpc) is 2.27. The maximum atomic E-state index is 11.2. The lowest BCUT2D eigenvalue weighted by molar-refractivity contribution is -0.240. The third-order valence-corrected chi connectivity index (χ3v) is 2.91. The number of hydrogen-bond acceptors (Lipinski definition) is 7. The molecule has 1 saturated heterocycles. The van der Waals surface area contributed by atoms with E-state index in [9.17, 15) is 14.4 Å². The third kappa shape index (κ3) is 4.19. The average molecular weight is 288 g/mol. The topological polar surface area (TPSA) is 88.1 Å². The van der Waals surface area contributed by atoms with E-state index < -0.39 is 48.4 Å². The number of rotatable bonds is 3. The fraction of sp³-hybridized carbons (Fsp3) is 0.769. The second-order valence-corrected chi connectivity index (χ2v) is 4.77. The second kappa shape index (κ2) is 6.69. The van der Waals surface area contributed by atoms with E-state index >= 15 is 0 Å². The largest absolute Gasteiger partial charge is 0.456 e. The molecule has 0 amide bonds. The molecule has 1 fully saturated rings. The molecule has 0 aromatic heterocycles. The van der Waals surface area contributed by atoms with Gasteiger partial charge in [0.2, 0.25) is 0 Å². The molecule has 0 spiro atoms. The van der Waals surface area contributed by atoms with Crippen LogP contribution in [0.25, 0.3) is 0 Å². The lowest BCUT2D eigenvalue weighted by Crippen LogP contribution is -2.59. The Bertz CT molecular complexity index is 364. The first-order valence-electron chi connectivity index (χ1n) is 6.39. The first-order valence-corrected chi connectivity index (χ1v) is 6.39. The standard InChI is InChI=1S/C13H20O7/c1-6-11(18-8(3)14)13(20-10(5)16)12(7(2)17-6)19-9(4)15/h6-7,11-13H,1-5H3/t6-,7-,11-,12-/m0/s1. The number of esters is 3. The van der Waals surface area contributed by atoms with Gasteiger partial charge >= 0.3 is 17.9 Å². The Labute approximate surface area is 117 Å². The molecule has 0 radical (unpaired) electrons. The van der Waals surface area contributed by atoms with Crippen LogP contribution in [0, 0.1) is 0 Å². The highest BCUT2D eigenvalue weighted by molar-refractivity contribution is 5.68. The minimum Gasteiger partial charge on any atom is -0.456 e. The highest BCUT2D eigenvalue weighted by atomic mass is 16.6. The molecule has 0 bridgehead atoms. The predicted octanol–water partition coefficient (Wildman–Crippen LogP) is 0.589. The van der Waals surface area contributed by atoms with Crippen LogP contribution in [0.15, 0.2) is 0 Å². The molecule has 0 aromatic rings. The minimum absolute atomic E-state index is 0.481. The third-order valence-electron chi connectivity index (χ3n) is 2.91. The van der Waals surface area contributed by atoms with Gasteiger partial charge in [-0.2, -0.15) is 0 Å². The summed E-state index contributed by atoms with van der Waals surface area (Å²) in [7, 11) is 0. The lowest BCUT2D eigenvalue weighted by Gasteiger charge is -2.42. The van der Waals surface area contributed by atoms with Gasteiger partial charge in [0.25, 0.3) is 0 Å². The van der Waals surface area contributed by atoms with Gasteiger partial charge in [0.15, 0.2) is 18.3 Å². The lowest BCUT2D eigenvalue weighted by atomic mass is 9.95. The van der Waals surface area contributed by atoms with Gasteiger partial charge in [-0.1, -0.05) is 0 Å². The molecule has 0 saturated carbocycles. The maximum Gasteiger partial charge on any atom is 0.303 e. The van der Waals surface area contributed by atoms with E-state index in [1.54, 1.807) is 13.8 Å². The first kappa shape index (κ1) is 16.4. The summed E-state index contributed by atoms with van der Waals surface area (Å²) in [4.78, 5) is 33.6. The number of ether oxygens (including phenoxy) is 4. The predicted molar refractivity (Wildman–Crippen MR) is 66.7 cm³/mol. The van der Waals surface area contributed by atoms with Crippen molar-refractivity contribution in [1.29, 1.82) is 0 Å². The van der Waals surface area contributed by atoms with Crippen LogP contribution in [0.3, 0.4) is 0 Å². The summed E-state index contributed by atoms with van der Waals surface area (Å²) >= 11 is 0. The number of carbonyl (C=O) groups excluding carboxylic acids is 3. The normalized spacial score (nSPS) is 33.1. The summed E-state index contributed by atoms with van der Waals surface area (Å²) < 4.78 is 21.1. The van der Waals surface area contributed by atoms with Crippen LogP contribution in [-0.2, 0) is 33.3 Å². The molecular weight excluding hydrogens is 268 g/mol. The van der Waals surface area contributed by atoms with Crippen molar-refractivity contribution in [3.63, 3.8) is 0 Å². The van der Waals surface area contributed by atoms with Crippen LogP contribution in [0.1, 0.15) is 34.6 Å². The van der Waals surface area contributed by atoms with Crippen LogP contribution >= 0.6 is 0 Å². The second-order valence-electron chi connectivity index (χ2n) is 4.77. The van der Waals surface area contributed by atoms with Crippen molar-refractivity contribution in [3.05, 3.63) is 0 Å². The Balaban J connectivity index is 3.01. The molecule has 7 nitrogen and oxygen atoms in total. The smallest absolute Gasteiger partial charge is 0.303 e.